The number of aromatic hydroxyl groups is 1. The van der Waals surface area contributed by atoms with Crippen LogP contribution >= 0.6 is 0 Å². The number of fused-ring (bicyclic) bond motifs is 3. The smallest absolute Gasteiger partial charge is 0.307 e. The van der Waals surface area contributed by atoms with E-state index in [2.05, 4.69) is 5.32 Å². The molecule has 8 nitrogen and oxygen atoms in total. The summed E-state index contributed by atoms with van der Waals surface area (Å²) in [4.78, 5) is 13.3. The van der Waals surface area contributed by atoms with E-state index in [1.165, 1.54) is 12.1 Å². The third-order valence-electron chi connectivity index (χ3n) is 6.47. The number of nitrogen functional groups attached to an aromatic ring is 1. The normalized spacial score (nSPS) is 25.1. The van der Waals surface area contributed by atoms with Gasteiger partial charge in [-0.2, -0.15) is 0 Å². The summed E-state index contributed by atoms with van der Waals surface area (Å²) in [7, 11) is 0. The second kappa shape index (κ2) is 8.98. The molecule has 0 saturated carbocycles. The van der Waals surface area contributed by atoms with Crippen molar-refractivity contribution in [3.8, 4) is 16.9 Å². The minimum absolute atomic E-state index is 0.0655. The summed E-state index contributed by atoms with van der Waals surface area (Å²) < 4.78 is 17.8. The Labute approximate surface area is 203 Å². The number of phenolic OH excluding ortho intramolecular Hbond substituents is 1. The van der Waals surface area contributed by atoms with E-state index in [1.807, 2.05) is 43.3 Å². The number of hydrogen-bond donors (Lipinski definition) is 4. The van der Waals surface area contributed by atoms with Gasteiger partial charge in [-0.1, -0.05) is 43.3 Å². The maximum atomic E-state index is 13.3. The molecule has 3 aromatic carbocycles. The van der Waals surface area contributed by atoms with Crippen molar-refractivity contribution in [2.45, 2.75) is 25.0 Å². The molecule has 0 spiro atoms. The zero-order chi connectivity index (χ0) is 24.6. The molecule has 2 atom stereocenters. The molecular formula is C27H28N2O6. The van der Waals surface area contributed by atoms with Crippen LogP contribution in [-0.2, 0) is 14.2 Å². The van der Waals surface area contributed by atoms with Crippen molar-refractivity contribution in [3.63, 3.8) is 0 Å². The molecule has 0 unspecified atom stereocenters. The SMILES string of the molecule is CC12COC([C@@H](NC(=O)c3ccc(-c4ccc(N)cc4)cc3)[C@H](O)c3ccc(O)cc3)(OC1)OC2. The number of benzene rings is 3. The Kier molecular flexibility index (Phi) is 5.98. The Morgan fingerprint density at radius 3 is 1.94 bits per heavy atom. The Morgan fingerprint density at radius 1 is 0.886 bits per heavy atom. The lowest BCUT2D eigenvalue weighted by molar-refractivity contribution is -0.478. The third kappa shape index (κ3) is 4.61. The summed E-state index contributed by atoms with van der Waals surface area (Å²) >= 11 is 0. The highest BCUT2D eigenvalue weighted by Crippen LogP contribution is 2.42. The molecule has 0 aliphatic carbocycles. The molecule has 6 rings (SSSR count). The van der Waals surface area contributed by atoms with Crippen LogP contribution in [0, 0.1) is 5.41 Å². The first-order valence-corrected chi connectivity index (χ1v) is 11.4. The molecule has 3 saturated heterocycles. The maximum Gasteiger partial charge on any atom is 0.307 e. The number of aliphatic hydroxyl groups excluding tert-OH is 1. The van der Waals surface area contributed by atoms with Gasteiger partial charge in [0.05, 0.1) is 19.8 Å². The number of amides is 1. The summed E-state index contributed by atoms with van der Waals surface area (Å²) in [5, 5.41) is 23.8. The fourth-order valence-electron chi connectivity index (χ4n) is 4.28. The van der Waals surface area contributed by atoms with Crippen molar-refractivity contribution >= 4 is 11.6 Å². The molecular weight excluding hydrogens is 448 g/mol. The van der Waals surface area contributed by atoms with Crippen LogP contribution in [0.15, 0.2) is 72.8 Å². The van der Waals surface area contributed by atoms with Gasteiger partial charge in [-0.25, -0.2) is 0 Å². The number of ether oxygens (including phenoxy) is 3. The molecule has 3 fully saturated rings. The van der Waals surface area contributed by atoms with Gasteiger partial charge < -0.3 is 35.5 Å². The van der Waals surface area contributed by atoms with Crippen molar-refractivity contribution < 1.29 is 29.2 Å². The van der Waals surface area contributed by atoms with Crippen LogP contribution in [0.3, 0.4) is 0 Å². The molecule has 3 aliphatic rings. The number of nitrogens with one attached hydrogen (secondary N) is 1. The van der Waals surface area contributed by atoms with Crippen molar-refractivity contribution in [3.05, 3.63) is 83.9 Å². The number of nitrogens with two attached hydrogens (primary N) is 1. The number of phenols is 1. The minimum Gasteiger partial charge on any atom is -0.508 e. The predicted molar refractivity (Wildman–Crippen MR) is 129 cm³/mol. The zero-order valence-corrected chi connectivity index (χ0v) is 19.3. The Hall–Kier alpha value is -3.43. The van der Waals surface area contributed by atoms with E-state index in [-0.39, 0.29) is 11.2 Å². The van der Waals surface area contributed by atoms with Crippen molar-refractivity contribution in [2.75, 3.05) is 25.6 Å². The van der Waals surface area contributed by atoms with E-state index >= 15 is 0 Å². The van der Waals surface area contributed by atoms with Gasteiger partial charge in [0.15, 0.2) is 0 Å². The number of rotatable bonds is 6. The first-order valence-electron chi connectivity index (χ1n) is 11.4. The van der Waals surface area contributed by atoms with E-state index in [0.717, 1.165) is 11.1 Å². The third-order valence-corrected chi connectivity index (χ3v) is 6.47. The second-order valence-corrected chi connectivity index (χ2v) is 9.47. The first kappa shape index (κ1) is 23.3. The largest absolute Gasteiger partial charge is 0.508 e. The average molecular weight is 477 g/mol. The zero-order valence-electron chi connectivity index (χ0n) is 19.3. The van der Waals surface area contributed by atoms with Gasteiger partial charge in [0.25, 0.3) is 5.91 Å². The van der Waals surface area contributed by atoms with Gasteiger partial charge >= 0.3 is 5.97 Å². The second-order valence-electron chi connectivity index (χ2n) is 9.47. The summed E-state index contributed by atoms with van der Waals surface area (Å²) in [6, 6.07) is 19.6. The summed E-state index contributed by atoms with van der Waals surface area (Å²) in [6.07, 6.45) is -1.23. The van der Waals surface area contributed by atoms with E-state index in [9.17, 15) is 15.0 Å². The lowest BCUT2D eigenvalue weighted by atomic mass is 9.89. The maximum absolute atomic E-state index is 13.3. The van der Waals surface area contributed by atoms with Gasteiger partial charge in [-0.15, -0.1) is 0 Å². The van der Waals surface area contributed by atoms with Gasteiger partial charge in [0.1, 0.15) is 17.9 Å². The van der Waals surface area contributed by atoms with Gasteiger partial charge in [0.2, 0.25) is 0 Å². The Bertz CT molecular complexity index is 1170. The fourth-order valence-corrected chi connectivity index (χ4v) is 4.28. The minimum atomic E-state index is -1.63. The topological polar surface area (TPSA) is 123 Å². The van der Waals surface area contributed by atoms with Gasteiger partial charge in [-0.05, 0) is 53.1 Å². The van der Waals surface area contributed by atoms with Crippen LogP contribution in [0.2, 0.25) is 0 Å². The van der Waals surface area contributed by atoms with Crippen molar-refractivity contribution in [1.82, 2.24) is 5.32 Å². The molecule has 2 bridgehead atoms. The van der Waals surface area contributed by atoms with Crippen LogP contribution in [0.25, 0.3) is 11.1 Å². The number of aliphatic hydroxyl groups is 1. The van der Waals surface area contributed by atoms with Crippen LogP contribution < -0.4 is 11.1 Å². The quantitative estimate of drug-likeness (QED) is 0.403. The van der Waals surface area contributed by atoms with Crippen molar-refractivity contribution in [1.29, 1.82) is 0 Å². The molecule has 182 valence electrons. The Morgan fingerprint density at radius 2 is 1.40 bits per heavy atom. The fraction of sp³-hybridized carbons (Fsp3) is 0.296. The van der Waals surface area contributed by atoms with Crippen LogP contribution in [0.1, 0.15) is 28.9 Å². The number of carbonyl (C=O) groups is 1. The first-order chi connectivity index (χ1) is 16.8. The van der Waals surface area contributed by atoms with E-state index in [0.29, 0.717) is 36.6 Å². The number of hydrogen-bond acceptors (Lipinski definition) is 7. The molecule has 8 heteroatoms. The van der Waals surface area contributed by atoms with E-state index < -0.39 is 24.0 Å². The molecule has 1 amide bonds. The molecule has 0 aromatic heterocycles. The summed E-state index contributed by atoms with van der Waals surface area (Å²) in [6.45, 7) is 3.11. The van der Waals surface area contributed by atoms with Crippen molar-refractivity contribution in [2.24, 2.45) is 5.41 Å². The standard InChI is InChI=1S/C27H28N2O6/c1-26-14-33-27(34-15-26,35-16-26)24(23(31)19-8-12-22(30)13-9-19)29-25(32)20-4-2-17(3-5-20)18-6-10-21(28)11-7-18/h2-13,23-24,30-31H,14-16,28H2,1H3,(H,29,32)/t23-,24+,26?,27?/m1/s1. The van der Waals surface area contributed by atoms with Crippen LogP contribution in [0.4, 0.5) is 5.69 Å². The Balaban J connectivity index is 1.40. The van der Waals surface area contributed by atoms with E-state index in [1.54, 1.807) is 24.3 Å². The lowest BCUT2D eigenvalue weighted by Gasteiger charge is -2.53. The molecule has 3 aromatic rings. The summed E-state index contributed by atoms with van der Waals surface area (Å²) in [5.74, 6) is -1.98. The van der Waals surface area contributed by atoms with E-state index in [4.69, 9.17) is 19.9 Å². The molecule has 35 heavy (non-hydrogen) atoms. The van der Waals surface area contributed by atoms with Crippen LogP contribution in [0.5, 0.6) is 5.75 Å². The van der Waals surface area contributed by atoms with Crippen LogP contribution in [-0.4, -0.2) is 48.0 Å². The molecule has 5 N–H and O–H groups in total. The summed E-state index contributed by atoms with van der Waals surface area (Å²) in [5.41, 5.74) is 8.96. The highest BCUT2D eigenvalue weighted by atomic mass is 16.9. The average Bonchev–Trinajstić information content (AvgIpc) is 2.88. The monoisotopic (exact) mass is 476 g/mol. The molecule has 3 aliphatic heterocycles. The lowest BCUT2D eigenvalue weighted by Crippen LogP contribution is -2.68. The number of carbonyl (C=O) groups excluding carboxylic acids is 1. The molecule has 3 heterocycles. The van der Waals surface area contributed by atoms with Gasteiger partial charge in [-0.3, -0.25) is 4.79 Å². The molecule has 0 radical (unpaired) electrons. The van der Waals surface area contributed by atoms with Gasteiger partial charge in [0, 0.05) is 16.7 Å². The predicted octanol–water partition coefficient (Wildman–Crippen LogP) is 3.21. The highest BCUT2D eigenvalue weighted by Gasteiger charge is 2.57. The number of anilines is 1. The highest BCUT2D eigenvalue weighted by molar-refractivity contribution is 5.95.